The fourth-order valence-electron chi connectivity index (χ4n) is 3.45. The molecule has 1 aliphatic rings. The molecule has 0 saturated carbocycles. The summed E-state index contributed by atoms with van der Waals surface area (Å²) < 4.78 is 5.37. The number of rotatable bonds is 2. The van der Waals surface area contributed by atoms with Gasteiger partial charge in [0.2, 0.25) is 0 Å². The number of aromatic nitrogens is 1. The highest BCUT2D eigenvalue weighted by atomic mass is 32.1. The van der Waals surface area contributed by atoms with Crippen molar-refractivity contribution in [1.29, 1.82) is 0 Å². The normalized spacial score (nSPS) is 14.4. The molecule has 3 amide bonds. The van der Waals surface area contributed by atoms with Crippen LogP contribution in [0.4, 0.5) is 10.5 Å². The van der Waals surface area contributed by atoms with Gasteiger partial charge in [-0.15, -0.1) is 0 Å². The van der Waals surface area contributed by atoms with Crippen molar-refractivity contribution in [3.05, 3.63) is 59.3 Å². The van der Waals surface area contributed by atoms with E-state index in [9.17, 15) is 9.59 Å². The quantitative estimate of drug-likeness (QED) is 0.717. The van der Waals surface area contributed by atoms with Gasteiger partial charge in [-0.2, -0.15) is 4.37 Å². The van der Waals surface area contributed by atoms with E-state index in [4.69, 9.17) is 0 Å². The van der Waals surface area contributed by atoms with E-state index in [1.54, 1.807) is 9.80 Å². The number of aryl methyl sites for hydroxylation is 2. The molecule has 1 N–H and O–H groups in total. The first kappa shape index (κ1) is 18.4. The molecule has 7 heteroatoms. The molecule has 0 aliphatic carbocycles. The van der Waals surface area contributed by atoms with Gasteiger partial charge >= 0.3 is 6.03 Å². The minimum atomic E-state index is -0.127. The second-order valence-corrected chi connectivity index (χ2v) is 7.86. The van der Waals surface area contributed by atoms with E-state index < -0.39 is 0 Å². The zero-order valence-electron chi connectivity index (χ0n) is 15.9. The number of amides is 3. The van der Waals surface area contributed by atoms with E-state index >= 15 is 0 Å². The third-order valence-electron chi connectivity index (χ3n) is 5.06. The fourth-order valence-corrected chi connectivity index (χ4v) is 4.22. The molecule has 0 radical (unpaired) electrons. The zero-order valence-corrected chi connectivity index (χ0v) is 16.8. The van der Waals surface area contributed by atoms with Gasteiger partial charge in [-0.25, -0.2) is 4.79 Å². The van der Waals surface area contributed by atoms with Gasteiger partial charge in [-0.3, -0.25) is 4.79 Å². The highest BCUT2D eigenvalue weighted by Crippen LogP contribution is 2.24. The number of benzene rings is 2. The Hall–Kier alpha value is -2.93. The monoisotopic (exact) mass is 394 g/mol. The lowest BCUT2D eigenvalue weighted by Crippen LogP contribution is -2.51. The number of anilines is 1. The molecule has 0 atom stereocenters. The third-order valence-corrected chi connectivity index (χ3v) is 5.88. The number of carbonyl (C=O) groups is 2. The Kier molecular flexibility index (Phi) is 5.00. The Balaban J connectivity index is 1.39. The van der Waals surface area contributed by atoms with E-state index in [-0.39, 0.29) is 11.9 Å². The van der Waals surface area contributed by atoms with E-state index in [1.807, 2.05) is 56.3 Å². The molecular formula is C21H22N4O2S. The Bertz CT molecular complexity index is 1040. The van der Waals surface area contributed by atoms with Crippen molar-refractivity contribution < 1.29 is 9.59 Å². The average Bonchev–Trinajstić information content (AvgIpc) is 3.14. The van der Waals surface area contributed by atoms with Gasteiger partial charge in [-0.1, -0.05) is 35.9 Å². The van der Waals surface area contributed by atoms with E-state index in [0.29, 0.717) is 31.9 Å². The largest absolute Gasteiger partial charge is 0.334 e. The van der Waals surface area contributed by atoms with E-state index in [0.717, 1.165) is 26.9 Å². The van der Waals surface area contributed by atoms with Crippen LogP contribution in [0.15, 0.2) is 42.5 Å². The van der Waals surface area contributed by atoms with E-state index in [1.165, 1.54) is 11.5 Å². The first-order chi connectivity index (χ1) is 13.5. The summed E-state index contributed by atoms with van der Waals surface area (Å²) in [6.45, 7) is 6.03. The summed E-state index contributed by atoms with van der Waals surface area (Å²) in [5.74, 6) is -0.0631. The van der Waals surface area contributed by atoms with Crippen LogP contribution in [-0.4, -0.2) is 52.3 Å². The molecular weight excluding hydrogens is 372 g/mol. The number of piperazine rings is 1. The lowest BCUT2D eigenvalue weighted by molar-refractivity contribution is 0.0669. The lowest BCUT2D eigenvalue weighted by Gasteiger charge is -2.34. The molecule has 1 aliphatic heterocycles. The van der Waals surface area contributed by atoms with Crippen molar-refractivity contribution in [2.24, 2.45) is 0 Å². The molecule has 0 spiro atoms. The summed E-state index contributed by atoms with van der Waals surface area (Å²) in [4.78, 5) is 29.0. The van der Waals surface area contributed by atoms with Crippen molar-refractivity contribution in [1.82, 2.24) is 14.2 Å². The molecule has 1 fully saturated rings. The maximum atomic E-state index is 12.9. The maximum absolute atomic E-state index is 12.9. The van der Waals surface area contributed by atoms with Crippen LogP contribution in [0, 0.1) is 13.8 Å². The number of nitrogens with one attached hydrogen (secondary N) is 1. The van der Waals surface area contributed by atoms with Crippen LogP contribution < -0.4 is 5.32 Å². The van der Waals surface area contributed by atoms with Crippen LogP contribution in [0.1, 0.15) is 21.6 Å². The van der Waals surface area contributed by atoms with Gasteiger partial charge in [0.15, 0.2) is 0 Å². The van der Waals surface area contributed by atoms with Crippen LogP contribution in [0.5, 0.6) is 0 Å². The van der Waals surface area contributed by atoms with Crippen molar-refractivity contribution in [2.75, 3.05) is 31.5 Å². The van der Waals surface area contributed by atoms with Crippen LogP contribution in [-0.2, 0) is 0 Å². The molecule has 2 heterocycles. The Morgan fingerprint density at radius 1 is 1.00 bits per heavy atom. The smallest absolute Gasteiger partial charge is 0.321 e. The van der Waals surface area contributed by atoms with E-state index in [2.05, 4.69) is 9.69 Å². The van der Waals surface area contributed by atoms with Crippen molar-refractivity contribution in [3.63, 3.8) is 0 Å². The summed E-state index contributed by atoms with van der Waals surface area (Å²) in [6.07, 6.45) is 0. The SMILES string of the molecule is Cc1ccc(NC(=O)N2CCN(C(=O)c3nsc4ccccc34)CC2)c(C)c1. The molecule has 4 rings (SSSR count). The third kappa shape index (κ3) is 3.57. The minimum absolute atomic E-state index is 0.0631. The number of hydrogen-bond donors (Lipinski definition) is 1. The van der Waals surface area contributed by atoms with Crippen LogP contribution in [0.3, 0.4) is 0 Å². The second-order valence-electron chi connectivity index (χ2n) is 7.06. The van der Waals surface area contributed by atoms with Gasteiger partial charge in [0, 0.05) is 37.3 Å². The predicted molar refractivity (Wildman–Crippen MR) is 112 cm³/mol. The lowest BCUT2D eigenvalue weighted by atomic mass is 10.1. The highest BCUT2D eigenvalue weighted by Gasteiger charge is 2.27. The number of urea groups is 1. The fraction of sp³-hybridized carbons (Fsp3) is 0.286. The Labute approximate surface area is 167 Å². The topological polar surface area (TPSA) is 65.5 Å². The summed E-state index contributed by atoms with van der Waals surface area (Å²) in [6, 6.07) is 13.6. The molecule has 1 aromatic heterocycles. The molecule has 0 bridgehead atoms. The number of nitrogens with zero attached hydrogens (tertiary/aromatic N) is 3. The zero-order chi connectivity index (χ0) is 19.7. The highest BCUT2D eigenvalue weighted by molar-refractivity contribution is 7.13. The molecule has 3 aromatic rings. The van der Waals surface area contributed by atoms with Crippen LogP contribution in [0.2, 0.25) is 0 Å². The standard InChI is InChI=1S/C21H22N4O2S/c1-14-7-8-17(15(2)13-14)22-21(27)25-11-9-24(10-12-25)20(26)19-16-5-3-4-6-18(16)28-23-19/h3-8,13H,9-12H2,1-2H3,(H,22,27). The summed E-state index contributed by atoms with van der Waals surface area (Å²) >= 11 is 1.34. The first-order valence-electron chi connectivity index (χ1n) is 9.30. The average molecular weight is 395 g/mol. The molecule has 28 heavy (non-hydrogen) atoms. The summed E-state index contributed by atoms with van der Waals surface area (Å²) in [5.41, 5.74) is 3.53. The van der Waals surface area contributed by atoms with Gasteiger partial charge < -0.3 is 15.1 Å². The predicted octanol–water partition coefficient (Wildman–Crippen LogP) is 3.90. The van der Waals surface area contributed by atoms with Crippen LogP contribution in [0.25, 0.3) is 10.1 Å². The van der Waals surface area contributed by atoms with Crippen molar-refractivity contribution in [2.45, 2.75) is 13.8 Å². The minimum Gasteiger partial charge on any atom is -0.334 e. The van der Waals surface area contributed by atoms with Gasteiger partial charge in [0.25, 0.3) is 5.91 Å². The number of hydrogen-bond acceptors (Lipinski definition) is 4. The molecule has 144 valence electrons. The summed E-state index contributed by atoms with van der Waals surface area (Å²) in [7, 11) is 0. The maximum Gasteiger partial charge on any atom is 0.321 e. The van der Waals surface area contributed by atoms with Crippen molar-refractivity contribution in [3.8, 4) is 0 Å². The number of carbonyl (C=O) groups excluding carboxylic acids is 2. The number of fused-ring (bicyclic) bond motifs is 1. The summed E-state index contributed by atoms with van der Waals surface area (Å²) in [5, 5.41) is 3.87. The molecule has 6 nitrogen and oxygen atoms in total. The van der Waals surface area contributed by atoms with Gasteiger partial charge in [-0.05, 0) is 43.1 Å². The van der Waals surface area contributed by atoms with Gasteiger partial charge in [0.1, 0.15) is 5.69 Å². The Morgan fingerprint density at radius 2 is 1.71 bits per heavy atom. The molecule has 1 saturated heterocycles. The van der Waals surface area contributed by atoms with Crippen molar-refractivity contribution >= 4 is 39.2 Å². The van der Waals surface area contributed by atoms with Crippen LogP contribution >= 0.6 is 11.5 Å². The first-order valence-corrected chi connectivity index (χ1v) is 10.1. The Morgan fingerprint density at radius 3 is 2.46 bits per heavy atom. The molecule has 0 unspecified atom stereocenters. The second kappa shape index (κ2) is 7.59. The van der Waals surface area contributed by atoms with Gasteiger partial charge in [0.05, 0.1) is 4.70 Å². The molecule has 2 aromatic carbocycles.